The maximum Gasteiger partial charge on any atom is 0.270 e. The number of halogens is 1. The maximum absolute atomic E-state index is 13.3. The van der Waals surface area contributed by atoms with Gasteiger partial charge in [0.1, 0.15) is 17.5 Å². The Morgan fingerprint density at radius 3 is 2.69 bits per heavy atom. The van der Waals surface area contributed by atoms with Crippen LogP contribution in [0.1, 0.15) is 15.9 Å². The van der Waals surface area contributed by atoms with Gasteiger partial charge in [-0.05, 0) is 36.4 Å². The number of benzene rings is 2. The van der Waals surface area contributed by atoms with Crippen molar-refractivity contribution in [2.24, 2.45) is 5.73 Å². The largest absolute Gasteiger partial charge is 0.488 e. The van der Waals surface area contributed by atoms with Gasteiger partial charge < -0.3 is 19.9 Å². The number of hydrazine groups is 2. The minimum absolute atomic E-state index is 0.0286. The summed E-state index contributed by atoms with van der Waals surface area (Å²) in [5.74, 6) is 0.548. The van der Waals surface area contributed by atoms with Gasteiger partial charge in [0, 0.05) is 23.4 Å². The summed E-state index contributed by atoms with van der Waals surface area (Å²) >= 11 is 6.15. The van der Waals surface area contributed by atoms with E-state index in [1.807, 2.05) is 24.3 Å². The summed E-state index contributed by atoms with van der Waals surface area (Å²) in [6, 6.07) is 14.9. The number of hydrogen-bond donors (Lipinski definition) is 2. The van der Waals surface area contributed by atoms with E-state index < -0.39 is 17.9 Å². The van der Waals surface area contributed by atoms with Crippen molar-refractivity contribution >= 4 is 34.8 Å². The van der Waals surface area contributed by atoms with E-state index in [0.717, 1.165) is 5.56 Å². The van der Waals surface area contributed by atoms with E-state index >= 15 is 0 Å². The fourth-order valence-corrected chi connectivity index (χ4v) is 4.62. The first-order valence-corrected chi connectivity index (χ1v) is 11.1. The Labute approximate surface area is 204 Å². The van der Waals surface area contributed by atoms with E-state index in [2.05, 4.69) is 10.4 Å². The van der Waals surface area contributed by atoms with Crippen LogP contribution < -0.4 is 30.4 Å². The zero-order valence-corrected chi connectivity index (χ0v) is 18.9. The van der Waals surface area contributed by atoms with Gasteiger partial charge in [0.05, 0.1) is 16.9 Å². The zero-order valence-electron chi connectivity index (χ0n) is 18.1. The molecule has 10 nitrogen and oxygen atoms in total. The number of nitrogens with two attached hydrogens (primary N) is 1. The van der Waals surface area contributed by atoms with Gasteiger partial charge in [-0.15, -0.1) is 5.12 Å². The molecule has 35 heavy (non-hydrogen) atoms. The number of fused-ring (bicyclic) bond motifs is 3. The smallest absolute Gasteiger partial charge is 0.270 e. The molecule has 2 amide bonds. The summed E-state index contributed by atoms with van der Waals surface area (Å²) in [7, 11) is 0. The molecule has 0 spiro atoms. The number of anilines is 1. The van der Waals surface area contributed by atoms with Crippen LogP contribution in [0.4, 0.5) is 5.69 Å². The third-order valence-electron chi connectivity index (χ3n) is 5.92. The lowest BCUT2D eigenvalue weighted by molar-refractivity contribution is -0.122. The molecule has 3 aliphatic rings. The summed E-state index contributed by atoms with van der Waals surface area (Å²) in [5, 5.41) is 3.14. The number of rotatable bonds is 4. The number of amides is 2. The first-order valence-electron chi connectivity index (χ1n) is 10.7. The van der Waals surface area contributed by atoms with E-state index in [1.54, 1.807) is 29.3 Å². The molecule has 176 valence electrons. The monoisotopic (exact) mass is 491 g/mol. The number of hydrogen-bond acceptors (Lipinski definition) is 8. The van der Waals surface area contributed by atoms with Crippen LogP contribution in [0.5, 0.6) is 17.2 Å². The standard InChI is InChI=1S/C24H18ClN5O5/c25-22-15(5-3-9-27-22)24(32)28-30-21(23(26)31)16-11-33-17-6-2-1-4-14(17)20(16)29(30)13-7-8-18-19(10-13)35-12-34-18/h1-10,21H,11-12H2,(H2,26,31)(H,28,32). The lowest BCUT2D eigenvalue weighted by atomic mass is 9.99. The van der Waals surface area contributed by atoms with Crippen molar-refractivity contribution in [1.82, 2.24) is 15.5 Å². The number of pyridine rings is 1. The van der Waals surface area contributed by atoms with Crippen LogP contribution in [0.15, 0.2) is 66.4 Å². The van der Waals surface area contributed by atoms with Crippen LogP contribution in [0.25, 0.3) is 5.70 Å². The Morgan fingerprint density at radius 1 is 1.03 bits per heavy atom. The summed E-state index contributed by atoms with van der Waals surface area (Å²) in [6.07, 6.45) is 1.48. The Hall–Kier alpha value is -4.28. The van der Waals surface area contributed by atoms with Gasteiger partial charge in [-0.3, -0.25) is 20.0 Å². The van der Waals surface area contributed by atoms with E-state index in [0.29, 0.717) is 34.2 Å². The molecule has 0 aliphatic carbocycles. The Morgan fingerprint density at radius 2 is 1.86 bits per heavy atom. The second-order valence-corrected chi connectivity index (χ2v) is 8.30. The number of carbonyl (C=O) groups excluding carboxylic acids is 2. The van der Waals surface area contributed by atoms with Crippen LogP contribution >= 0.6 is 11.6 Å². The first kappa shape index (κ1) is 21.3. The van der Waals surface area contributed by atoms with Crippen molar-refractivity contribution in [3.05, 3.63) is 82.6 Å². The molecular formula is C24H18ClN5O5. The molecule has 6 rings (SSSR count). The highest BCUT2D eigenvalue weighted by Gasteiger charge is 2.47. The molecule has 3 aromatic rings. The fraction of sp³-hybridized carbons (Fsp3) is 0.125. The molecule has 0 bridgehead atoms. The van der Waals surface area contributed by atoms with Gasteiger partial charge in [0.25, 0.3) is 5.91 Å². The molecule has 1 unspecified atom stereocenters. The van der Waals surface area contributed by atoms with Crippen molar-refractivity contribution in [2.45, 2.75) is 6.04 Å². The Bertz CT molecular complexity index is 1410. The Balaban J connectivity index is 1.50. The summed E-state index contributed by atoms with van der Waals surface area (Å²) in [6.45, 7) is 0.217. The van der Waals surface area contributed by atoms with Gasteiger partial charge >= 0.3 is 0 Å². The molecule has 0 radical (unpaired) electrons. The molecule has 2 aromatic carbocycles. The molecule has 4 heterocycles. The summed E-state index contributed by atoms with van der Waals surface area (Å²) in [5.41, 5.74) is 11.4. The highest BCUT2D eigenvalue weighted by molar-refractivity contribution is 6.32. The van der Waals surface area contributed by atoms with Crippen molar-refractivity contribution in [1.29, 1.82) is 0 Å². The maximum atomic E-state index is 13.3. The van der Waals surface area contributed by atoms with Gasteiger partial charge in [0.15, 0.2) is 17.5 Å². The number of nitrogens with one attached hydrogen (secondary N) is 1. The number of primary amides is 1. The average molecular weight is 492 g/mol. The van der Waals surface area contributed by atoms with E-state index in [9.17, 15) is 9.59 Å². The minimum atomic E-state index is -1.02. The summed E-state index contributed by atoms with van der Waals surface area (Å²) in [4.78, 5) is 30.0. The third-order valence-corrected chi connectivity index (χ3v) is 6.22. The van der Waals surface area contributed by atoms with Crippen molar-refractivity contribution in [3.63, 3.8) is 0 Å². The van der Waals surface area contributed by atoms with Crippen molar-refractivity contribution in [3.8, 4) is 17.2 Å². The topological polar surface area (TPSA) is 119 Å². The lowest BCUT2D eigenvalue weighted by Gasteiger charge is -2.34. The lowest BCUT2D eigenvalue weighted by Crippen LogP contribution is -2.57. The van der Waals surface area contributed by atoms with Crippen molar-refractivity contribution in [2.75, 3.05) is 18.4 Å². The normalized spacial score (nSPS) is 18.1. The van der Waals surface area contributed by atoms with E-state index in [-0.39, 0.29) is 24.1 Å². The number of nitrogens with zero attached hydrogens (tertiary/aromatic N) is 3. The van der Waals surface area contributed by atoms with Gasteiger partial charge in [0.2, 0.25) is 12.7 Å². The van der Waals surface area contributed by atoms with Crippen LogP contribution in [0, 0.1) is 0 Å². The van der Waals surface area contributed by atoms with Crippen LogP contribution in [-0.2, 0) is 4.79 Å². The van der Waals surface area contributed by atoms with Gasteiger partial charge in [-0.2, -0.15) is 0 Å². The van der Waals surface area contributed by atoms with Gasteiger partial charge in [-0.1, -0.05) is 23.7 Å². The molecule has 0 saturated carbocycles. The molecule has 0 fully saturated rings. The highest BCUT2D eigenvalue weighted by atomic mass is 35.5. The zero-order chi connectivity index (χ0) is 24.1. The van der Waals surface area contributed by atoms with Crippen LogP contribution in [-0.4, -0.2) is 41.4 Å². The number of para-hydroxylation sites is 1. The fourth-order valence-electron chi connectivity index (χ4n) is 4.41. The highest BCUT2D eigenvalue weighted by Crippen LogP contribution is 2.46. The molecule has 0 saturated heterocycles. The molecule has 1 atom stereocenters. The number of ether oxygens (including phenoxy) is 3. The number of carbonyl (C=O) groups is 2. The summed E-state index contributed by atoms with van der Waals surface area (Å²) < 4.78 is 16.9. The second kappa shape index (κ2) is 8.19. The van der Waals surface area contributed by atoms with Crippen LogP contribution in [0.2, 0.25) is 5.15 Å². The Kier molecular flexibility index (Phi) is 4.97. The molecule has 3 aliphatic heterocycles. The molecule has 1 aromatic heterocycles. The minimum Gasteiger partial charge on any atom is -0.488 e. The van der Waals surface area contributed by atoms with E-state index in [4.69, 9.17) is 31.5 Å². The quantitative estimate of drug-likeness (QED) is 0.534. The predicted octanol–water partition coefficient (Wildman–Crippen LogP) is 2.50. The average Bonchev–Trinajstić information content (AvgIpc) is 3.46. The van der Waals surface area contributed by atoms with E-state index in [1.165, 1.54) is 17.4 Å². The van der Waals surface area contributed by atoms with Crippen LogP contribution in [0.3, 0.4) is 0 Å². The second-order valence-electron chi connectivity index (χ2n) is 7.94. The van der Waals surface area contributed by atoms with Crippen molar-refractivity contribution < 1.29 is 23.8 Å². The molecule has 11 heteroatoms. The number of aromatic nitrogens is 1. The van der Waals surface area contributed by atoms with Gasteiger partial charge in [-0.25, -0.2) is 4.98 Å². The third kappa shape index (κ3) is 3.42. The predicted molar refractivity (Wildman–Crippen MR) is 125 cm³/mol. The molecule has 3 N–H and O–H groups in total. The SMILES string of the molecule is NC(=O)C1C2=C(c3ccccc3OC2)N(c2ccc3c(c2)OCO3)N1NC(=O)c1cccnc1Cl. The first-order chi connectivity index (χ1) is 17.0. The molecular weight excluding hydrogens is 474 g/mol.